The number of amides is 3. The van der Waals surface area contributed by atoms with Crippen LogP contribution in [0.4, 0.5) is 0 Å². The average molecular weight is 1820 g/mol. The minimum Gasteiger partial charge on any atom is -0.424 e. The summed E-state index contributed by atoms with van der Waals surface area (Å²) in [6.45, 7) is 30.6. The molecule has 3 heterocycles. The van der Waals surface area contributed by atoms with Gasteiger partial charge in [-0.1, -0.05) is 227 Å². The van der Waals surface area contributed by atoms with Gasteiger partial charge in [-0.05, 0) is 235 Å². The van der Waals surface area contributed by atoms with E-state index >= 15 is 0 Å². The standard InChI is InChI=1S/C36H60N4O4.C32H42N2O4.C24H35IN2O4.C8H9BO2/c1-24-30-18-29(36(30,3)4)19-31(24)37-35(43)34-33(25(2)42)32(23-41)44-40(34)22-28-14-10-13-27(17-28)21-39(16-15-38(5)6)20-26-11-8-7-9-12-26;1-20-26-16-25(32(26,3)4)17-27(20)33-31(37)30-29(21(2)36)28(19-35)38-34(30)18-24-12-8-11-23(15-24)14-13-22-9-6-5-7-10-22;1-13-18-9-16(24(18,3)4)10-19(13)26-23(30)22-21(14(2)29)20(12-28)31-27(22)11-15-6-5-7-17(25)8-15;10-9(11)7-6-8-4-2-1-3-5-8/h10,13-14,17,24-26,29-34,41-42H,7-9,11-12,15-16,18-23H2,1-6H3,(H,37,43);5-15,20-21,25-30,35-36H,16-19H2,1-4H3,(H,33,37);5-8,13-14,16,18-22,28-29H,9-12H2,1-4H3,(H,26,30);1-7,10-11H/b;14-13+;;7-6+/t24-,25-,29+,30-,31?,32-,33+,34-;20-,21-,25+,26-,27?,28-,29+,30-;13-,14-,16+,18-,19?,20-,21+,22-;/m000./s1. The second kappa shape index (κ2) is 43.3. The highest BCUT2D eigenvalue weighted by atomic mass is 127. The number of hydroxylamine groups is 6. The second-order valence-electron chi connectivity index (χ2n) is 40.4. The van der Waals surface area contributed by atoms with Gasteiger partial charge in [-0.3, -0.25) is 33.8 Å². The summed E-state index contributed by atoms with van der Waals surface area (Å²) >= 11 is 2.27. The van der Waals surface area contributed by atoms with Crippen LogP contribution in [0.1, 0.15) is 193 Å². The van der Waals surface area contributed by atoms with E-state index in [0.29, 0.717) is 89.1 Å². The second-order valence-corrected chi connectivity index (χ2v) is 41.6. The molecule has 24 atom stereocenters. The zero-order chi connectivity index (χ0) is 89.2. The molecule has 680 valence electrons. The number of hydrogen-bond donors (Lipinski definition) is 11. The molecule has 124 heavy (non-hydrogen) atoms. The van der Waals surface area contributed by atoms with Gasteiger partial charge in [0.15, 0.2) is 0 Å². The number of halogens is 1. The molecule has 5 aromatic carbocycles. The molecule has 11 N–H and O–H groups in total. The largest absolute Gasteiger partial charge is 0.480 e. The zero-order valence-corrected chi connectivity index (χ0v) is 78.2. The summed E-state index contributed by atoms with van der Waals surface area (Å²) in [6, 6.07) is 42.9. The summed E-state index contributed by atoms with van der Waals surface area (Å²) < 4.78 is 1.11. The highest BCUT2D eigenvalue weighted by molar-refractivity contribution is 14.1. The normalized spacial score (nSPS) is 32.2. The van der Waals surface area contributed by atoms with Crippen LogP contribution in [0.5, 0.6) is 0 Å². The van der Waals surface area contributed by atoms with Crippen molar-refractivity contribution in [3.63, 3.8) is 0 Å². The molecular formula is C100H146BIN8O14. The molecule has 3 saturated heterocycles. The Balaban J connectivity index is 0.000000161. The summed E-state index contributed by atoms with van der Waals surface area (Å²) in [6.07, 6.45) is 15.1. The number of aliphatic hydroxyl groups excluding tert-OH is 6. The number of nitrogens with one attached hydrogen (secondary N) is 3. The first-order valence-electron chi connectivity index (χ1n) is 46.3. The maximum atomic E-state index is 14.0. The van der Waals surface area contributed by atoms with Crippen molar-refractivity contribution < 1.29 is 69.6 Å². The predicted octanol–water partition coefficient (Wildman–Crippen LogP) is 12.5. The first kappa shape index (κ1) is 97.2. The summed E-state index contributed by atoms with van der Waals surface area (Å²) in [5.74, 6) is 5.29. The monoisotopic (exact) mass is 1820 g/mol. The number of aliphatic hydroxyl groups is 6. The molecule has 18 rings (SSSR count). The molecule has 0 spiro atoms. The van der Waals surface area contributed by atoms with Crippen LogP contribution in [0, 0.1) is 96.7 Å². The van der Waals surface area contributed by atoms with Crippen LogP contribution in [0.25, 0.3) is 18.2 Å². The summed E-state index contributed by atoms with van der Waals surface area (Å²) in [4.78, 5) is 64.6. The number of hydrogen-bond acceptors (Lipinski definition) is 19. The fourth-order valence-corrected chi connectivity index (χ4v) is 23.9. The van der Waals surface area contributed by atoms with Crippen molar-refractivity contribution in [1.82, 2.24) is 40.9 Å². The van der Waals surface area contributed by atoms with Crippen LogP contribution in [-0.2, 0) is 55.1 Å². The minimum absolute atomic E-state index is 0.0960. The molecule has 5 aromatic rings. The van der Waals surface area contributed by atoms with Gasteiger partial charge in [0.1, 0.15) is 36.4 Å². The van der Waals surface area contributed by atoms with Crippen LogP contribution >= 0.6 is 22.6 Å². The third-order valence-electron chi connectivity index (χ3n) is 31.1. The van der Waals surface area contributed by atoms with Crippen LogP contribution in [0.3, 0.4) is 0 Å². The number of likely N-dealkylation sites (N-methyl/N-ethyl adjacent to an activating group) is 1. The zero-order valence-electron chi connectivity index (χ0n) is 76.0. The number of nitrogens with zero attached hydrogens (tertiary/aromatic N) is 5. The lowest BCUT2D eigenvalue weighted by Crippen LogP contribution is -2.62. The van der Waals surface area contributed by atoms with Crippen LogP contribution in [0.15, 0.2) is 139 Å². The topological polar surface area (TPSA) is 293 Å². The van der Waals surface area contributed by atoms with E-state index in [1.807, 2.05) is 84.9 Å². The first-order valence-corrected chi connectivity index (χ1v) is 47.3. The Morgan fingerprint density at radius 1 is 0.484 bits per heavy atom. The Kier molecular flexibility index (Phi) is 33.9. The summed E-state index contributed by atoms with van der Waals surface area (Å²) in [7, 11) is 2.91. The Bertz CT molecular complexity index is 4300. The number of rotatable bonds is 29. The van der Waals surface area contributed by atoms with E-state index in [2.05, 4.69) is 185 Å². The molecular weight excluding hydrogens is 1670 g/mol. The van der Waals surface area contributed by atoms with Crippen molar-refractivity contribution in [1.29, 1.82) is 0 Å². The van der Waals surface area contributed by atoms with E-state index < -0.39 is 79.6 Å². The lowest BCUT2D eigenvalue weighted by Gasteiger charge is -2.62. The van der Waals surface area contributed by atoms with Crippen molar-refractivity contribution in [3.05, 3.63) is 182 Å². The molecule has 0 radical (unpaired) electrons. The molecule has 3 amide bonds. The van der Waals surface area contributed by atoms with Crippen molar-refractivity contribution in [3.8, 4) is 0 Å². The Labute approximate surface area is 752 Å². The maximum Gasteiger partial charge on any atom is 0.480 e. The third-order valence-corrected chi connectivity index (χ3v) is 31.7. The van der Waals surface area contributed by atoms with Gasteiger partial charge in [-0.2, -0.15) is 15.2 Å². The number of fused-ring (bicyclic) bond motifs is 6. The smallest absolute Gasteiger partial charge is 0.424 e. The van der Waals surface area contributed by atoms with Crippen LogP contribution in [-0.4, -0.2) is 217 Å². The van der Waals surface area contributed by atoms with E-state index in [4.69, 9.17) is 24.6 Å². The fourth-order valence-electron chi connectivity index (χ4n) is 23.3. The van der Waals surface area contributed by atoms with Crippen molar-refractivity contribution in [2.45, 2.75) is 253 Å². The molecule has 0 aromatic heterocycles. The molecule has 13 fully saturated rings. The molecule has 3 unspecified atom stereocenters. The fraction of sp³-hybridized carbons (Fsp3) is 0.630. The van der Waals surface area contributed by atoms with E-state index in [-0.39, 0.29) is 55.7 Å². The van der Waals surface area contributed by atoms with Gasteiger partial charge in [-0.25, -0.2) is 0 Å². The van der Waals surface area contributed by atoms with E-state index in [9.17, 15) is 45.0 Å². The molecule has 3 aliphatic heterocycles. The van der Waals surface area contributed by atoms with Gasteiger partial charge >= 0.3 is 7.12 Å². The van der Waals surface area contributed by atoms with Crippen LogP contribution < -0.4 is 16.0 Å². The molecule has 10 aliphatic carbocycles. The Hall–Kier alpha value is -5.86. The van der Waals surface area contributed by atoms with E-state index in [1.54, 1.807) is 42.0 Å². The maximum absolute atomic E-state index is 14.0. The summed E-state index contributed by atoms with van der Waals surface area (Å²) in [5, 5.41) is 94.1. The van der Waals surface area contributed by atoms with Crippen molar-refractivity contribution in [2.75, 3.05) is 53.6 Å². The van der Waals surface area contributed by atoms with Gasteiger partial charge < -0.3 is 61.5 Å². The number of benzene rings is 5. The van der Waals surface area contributed by atoms with Gasteiger partial charge in [0.05, 0.1) is 57.8 Å². The number of carbonyl (C=O) groups excluding carboxylic acids is 3. The summed E-state index contributed by atoms with van der Waals surface area (Å²) in [5.41, 5.74) is 8.54. The van der Waals surface area contributed by atoms with Gasteiger partial charge in [0, 0.05) is 65.6 Å². The lowest BCUT2D eigenvalue weighted by molar-refractivity contribution is -0.183. The molecule has 22 nitrogen and oxygen atoms in total. The van der Waals surface area contributed by atoms with E-state index in [0.717, 1.165) is 88.3 Å². The Morgan fingerprint density at radius 2 is 0.847 bits per heavy atom. The highest BCUT2D eigenvalue weighted by Crippen LogP contribution is 2.63. The third kappa shape index (κ3) is 23.3. The number of carbonyl (C=O) groups is 3. The van der Waals surface area contributed by atoms with Gasteiger partial charge in [0.25, 0.3) is 0 Å². The van der Waals surface area contributed by atoms with Crippen molar-refractivity contribution in [2.24, 2.45) is 93.2 Å². The molecule has 10 saturated carbocycles. The predicted molar refractivity (Wildman–Crippen MR) is 496 cm³/mol. The molecule has 13 aliphatic rings. The van der Waals surface area contributed by atoms with Gasteiger partial charge in [0.2, 0.25) is 17.7 Å². The lowest BCUT2D eigenvalue weighted by atomic mass is 9.45. The minimum atomic E-state index is -1.37. The van der Waals surface area contributed by atoms with Crippen molar-refractivity contribution >= 4 is 65.7 Å². The SMILES string of the molecule is C[C@H](O)[C@@H]1[C@H](CO)ON(Cc2cccc(/C=C/c3ccccc3)c2)[C@@H]1C(=O)NC1C[C@H]2C[C@@H]([C@@H]1C)C2(C)C.C[C@H](O)[C@@H]1[C@H](CO)ON(Cc2cccc(CN(CCN(C)C)CC3CCCCC3)c2)[C@@H]1C(=O)NC1C[C@H]2C[C@@H]([C@@H]1C)C2(C)C.C[C@H](O)[C@@H]1[C@H](CO)ON(Cc2cccc(I)c2)[C@@H]1C(=O)NC1C[C@H]2C[C@@H]([C@@H]1C)C2(C)C.OB(O)/C=C/c1ccccc1. The van der Waals surface area contributed by atoms with Gasteiger partial charge in [-0.15, -0.1) is 0 Å². The highest BCUT2D eigenvalue weighted by Gasteiger charge is 2.61. The first-order chi connectivity index (χ1) is 59.1. The van der Waals surface area contributed by atoms with Crippen LogP contribution in [0.2, 0.25) is 0 Å². The molecule has 24 heteroatoms. The quantitative estimate of drug-likeness (QED) is 0.0120. The Morgan fingerprint density at radius 3 is 1.22 bits per heavy atom. The van der Waals surface area contributed by atoms with E-state index in [1.165, 1.54) is 62.9 Å². The molecule has 6 bridgehead atoms. The average Bonchev–Trinajstić information content (AvgIpc) is 0.891.